The number of aliphatic hydroxyl groups is 2. The summed E-state index contributed by atoms with van der Waals surface area (Å²) in [5.74, 6) is 5.71. The van der Waals surface area contributed by atoms with Crippen LogP contribution in [0.3, 0.4) is 0 Å². The molecule has 0 radical (unpaired) electrons. The predicted molar refractivity (Wildman–Crippen MR) is 77.1 cm³/mol. The lowest BCUT2D eigenvalue weighted by molar-refractivity contribution is 0.109. The minimum atomic E-state index is -0.0882. The summed E-state index contributed by atoms with van der Waals surface area (Å²) in [6.07, 6.45) is 0. The van der Waals surface area contributed by atoms with Gasteiger partial charge < -0.3 is 10.2 Å². The molecule has 4 nitrogen and oxygen atoms in total. The van der Waals surface area contributed by atoms with Gasteiger partial charge in [0.25, 0.3) is 0 Å². The average Bonchev–Trinajstić information content (AvgIpc) is 2.86. The van der Waals surface area contributed by atoms with Gasteiger partial charge in [-0.2, -0.15) is 0 Å². The molecule has 0 saturated carbocycles. The van der Waals surface area contributed by atoms with Gasteiger partial charge in [-0.3, -0.25) is 9.80 Å². The molecule has 0 amide bonds. The van der Waals surface area contributed by atoms with Gasteiger partial charge in [-0.25, -0.2) is 0 Å². The standard InChI is InChI=1S/C14H20N2O2S/c17-9-1-2-13-3-11-19-14(13)12-16-6-4-15(5-7-16)8-10-18/h3,11,17-18H,4-10,12H2. The minimum Gasteiger partial charge on any atom is -0.395 e. The summed E-state index contributed by atoms with van der Waals surface area (Å²) in [4.78, 5) is 5.98. The normalized spacial score (nSPS) is 17.2. The quantitative estimate of drug-likeness (QED) is 0.774. The van der Waals surface area contributed by atoms with Gasteiger partial charge in [0.1, 0.15) is 6.61 Å². The number of piperazine rings is 1. The van der Waals surface area contributed by atoms with Crippen molar-refractivity contribution in [2.75, 3.05) is 45.9 Å². The van der Waals surface area contributed by atoms with Crippen molar-refractivity contribution in [3.63, 3.8) is 0 Å². The lowest BCUT2D eigenvalue weighted by Crippen LogP contribution is -2.46. The summed E-state index contributed by atoms with van der Waals surface area (Å²) in [5.41, 5.74) is 1.04. The summed E-state index contributed by atoms with van der Waals surface area (Å²) >= 11 is 1.73. The first-order chi connectivity index (χ1) is 9.33. The zero-order valence-corrected chi connectivity index (χ0v) is 11.8. The van der Waals surface area contributed by atoms with Crippen LogP contribution in [0.2, 0.25) is 0 Å². The summed E-state index contributed by atoms with van der Waals surface area (Å²) in [6.45, 7) is 5.96. The molecule has 1 aliphatic heterocycles. The molecule has 0 aromatic carbocycles. The predicted octanol–water partition coefficient (Wildman–Crippen LogP) is 0.202. The molecule has 104 valence electrons. The van der Waals surface area contributed by atoms with E-state index in [1.54, 1.807) is 11.3 Å². The average molecular weight is 280 g/mol. The monoisotopic (exact) mass is 280 g/mol. The van der Waals surface area contributed by atoms with Crippen LogP contribution in [0.1, 0.15) is 10.4 Å². The van der Waals surface area contributed by atoms with Crippen LogP contribution in [-0.2, 0) is 6.54 Å². The second kappa shape index (κ2) is 7.63. The first-order valence-corrected chi connectivity index (χ1v) is 7.43. The van der Waals surface area contributed by atoms with Crippen LogP contribution in [0.25, 0.3) is 0 Å². The van der Waals surface area contributed by atoms with Gasteiger partial charge in [0, 0.05) is 49.7 Å². The summed E-state index contributed by atoms with van der Waals surface area (Å²) < 4.78 is 0. The maximum Gasteiger partial charge on any atom is 0.104 e. The maximum atomic E-state index is 8.92. The highest BCUT2D eigenvalue weighted by Gasteiger charge is 2.17. The Hall–Kier alpha value is -0.900. The number of aliphatic hydroxyl groups excluding tert-OH is 2. The van der Waals surface area contributed by atoms with Crippen molar-refractivity contribution in [1.82, 2.24) is 9.80 Å². The molecule has 0 spiro atoms. The van der Waals surface area contributed by atoms with E-state index < -0.39 is 0 Å². The van der Waals surface area contributed by atoms with Gasteiger partial charge in [0.05, 0.1) is 6.61 Å². The minimum absolute atomic E-state index is 0.0882. The molecule has 19 heavy (non-hydrogen) atoms. The van der Waals surface area contributed by atoms with E-state index in [2.05, 4.69) is 27.0 Å². The lowest BCUT2D eigenvalue weighted by Gasteiger charge is -2.34. The zero-order valence-electron chi connectivity index (χ0n) is 11.0. The Bertz CT molecular complexity index is 442. The second-order valence-corrected chi connectivity index (χ2v) is 5.56. The molecule has 0 aliphatic carbocycles. The van der Waals surface area contributed by atoms with Crippen molar-refractivity contribution in [3.8, 4) is 11.8 Å². The van der Waals surface area contributed by atoms with Crippen molar-refractivity contribution in [2.45, 2.75) is 6.54 Å². The molecular formula is C14H20N2O2S. The Labute approximate surface area is 118 Å². The van der Waals surface area contributed by atoms with Gasteiger partial charge in [-0.15, -0.1) is 11.3 Å². The van der Waals surface area contributed by atoms with Crippen LogP contribution in [0, 0.1) is 11.8 Å². The zero-order chi connectivity index (χ0) is 13.5. The highest BCUT2D eigenvalue weighted by molar-refractivity contribution is 7.10. The number of rotatable bonds is 4. The molecule has 2 heterocycles. The van der Waals surface area contributed by atoms with Gasteiger partial charge in [-0.1, -0.05) is 11.8 Å². The molecule has 0 unspecified atom stereocenters. The molecule has 1 aliphatic rings. The van der Waals surface area contributed by atoms with Gasteiger partial charge in [0.2, 0.25) is 0 Å². The third-order valence-electron chi connectivity index (χ3n) is 3.30. The van der Waals surface area contributed by atoms with E-state index in [-0.39, 0.29) is 13.2 Å². The summed E-state index contributed by atoms with van der Waals surface area (Å²) in [7, 11) is 0. The highest BCUT2D eigenvalue weighted by Crippen LogP contribution is 2.19. The van der Waals surface area contributed by atoms with Crippen molar-refractivity contribution < 1.29 is 10.2 Å². The lowest BCUT2D eigenvalue weighted by atomic mass is 10.2. The molecule has 1 saturated heterocycles. The van der Waals surface area contributed by atoms with Crippen LogP contribution in [0.4, 0.5) is 0 Å². The van der Waals surface area contributed by atoms with Crippen LogP contribution in [0.5, 0.6) is 0 Å². The van der Waals surface area contributed by atoms with E-state index in [0.717, 1.165) is 44.8 Å². The number of β-amino-alcohol motifs (C(OH)–C–C–N with tert-alkyl or cyclic N) is 1. The molecular weight excluding hydrogens is 260 g/mol. The highest BCUT2D eigenvalue weighted by atomic mass is 32.1. The molecule has 1 fully saturated rings. The summed E-state index contributed by atoms with van der Waals surface area (Å²) in [5, 5.41) is 19.7. The smallest absolute Gasteiger partial charge is 0.104 e. The molecule has 5 heteroatoms. The third-order valence-corrected chi connectivity index (χ3v) is 4.20. The van der Waals surface area contributed by atoms with Crippen LogP contribution in [-0.4, -0.2) is 66.0 Å². The fraction of sp³-hybridized carbons (Fsp3) is 0.571. The van der Waals surface area contributed by atoms with Crippen molar-refractivity contribution in [2.24, 2.45) is 0 Å². The summed E-state index contributed by atoms with van der Waals surface area (Å²) in [6, 6.07) is 2.02. The maximum absolute atomic E-state index is 8.92. The van der Waals surface area contributed by atoms with Crippen LogP contribution >= 0.6 is 11.3 Å². The number of hydrogen-bond acceptors (Lipinski definition) is 5. The number of nitrogens with zero attached hydrogens (tertiary/aromatic N) is 2. The van der Waals surface area contributed by atoms with E-state index in [4.69, 9.17) is 10.2 Å². The number of thiophene rings is 1. The van der Waals surface area contributed by atoms with Crippen molar-refractivity contribution >= 4 is 11.3 Å². The second-order valence-electron chi connectivity index (χ2n) is 4.56. The topological polar surface area (TPSA) is 46.9 Å². The van der Waals surface area contributed by atoms with E-state index in [1.807, 2.05) is 6.07 Å². The van der Waals surface area contributed by atoms with Crippen LogP contribution < -0.4 is 0 Å². The van der Waals surface area contributed by atoms with Gasteiger partial charge >= 0.3 is 0 Å². The largest absolute Gasteiger partial charge is 0.395 e. The Kier molecular flexibility index (Phi) is 5.83. The van der Waals surface area contributed by atoms with E-state index in [1.165, 1.54) is 4.88 Å². The van der Waals surface area contributed by atoms with E-state index in [0.29, 0.717) is 0 Å². The Morgan fingerprint density at radius 3 is 2.58 bits per heavy atom. The van der Waals surface area contributed by atoms with Crippen molar-refractivity contribution in [1.29, 1.82) is 0 Å². The number of hydrogen-bond donors (Lipinski definition) is 2. The molecule has 0 atom stereocenters. The molecule has 1 aromatic heterocycles. The fourth-order valence-electron chi connectivity index (χ4n) is 2.22. The third kappa shape index (κ3) is 4.30. The van der Waals surface area contributed by atoms with E-state index >= 15 is 0 Å². The molecule has 2 N–H and O–H groups in total. The van der Waals surface area contributed by atoms with Crippen LogP contribution in [0.15, 0.2) is 11.4 Å². The molecule has 1 aromatic rings. The van der Waals surface area contributed by atoms with Gasteiger partial charge in [0.15, 0.2) is 0 Å². The SMILES string of the molecule is OCC#Cc1ccsc1CN1CCN(CCO)CC1. The fourth-order valence-corrected chi connectivity index (χ4v) is 3.10. The molecule has 2 rings (SSSR count). The Morgan fingerprint density at radius 2 is 1.89 bits per heavy atom. The van der Waals surface area contributed by atoms with Gasteiger partial charge in [-0.05, 0) is 11.4 Å². The first-order valence-electron chi connectivity index (χ1n) is 6.55. The Balaban J connectivity index is 1.87. The molecule has 0 bridgehead atoms. The first kappa shape index (κ1) is 14.5. The Morgan fingerprint density at radius 1 is 1.16 bits per heavy atom. The van der Waals surface area contributed by atoms with E-state index in [9.17, 15) is 0 Å². The van der Waals surface area contributed by atoms with Crippen molar-refractivity contribution in [3.05, 3.63) is 21.9 Å².